The Hall–Kier alpha value is -2.10. The van der Waals surface area contributed by atoms with Gasteiger partial charge < -0.3 is 5.32 Å². The van der Waals surface area contributed by atoms with E-state index in [0.717, 1.165) is 34.6 Å². The number of aryl methyl sites for hydroxylation is 1. The number of nitrogens with zero attached hydrogens (tertiary/aromatic N) is 3. The molecule has 3 rings (SSSR count). The zero-order valence-corrected chi connectivity index (χ0v) is 9.94. The predicted octanol–water partition coefficient (Wildman–Crippen LogP) is 2.49. The van der Waals surface area contributed by atoms with E-state index >= 15 is 0 Å². The lowest BCUT2D eigenvalue weighted by atomic mass is 10.3. The number of benzene rings is 1. The fourth-order valence-electron chi connectivity index (χ4n) is 2.05. The van der Waals surface area contributed by atoms with E-state index in [1.165, 1.54) is 0 Å². The zero-order valence-electron chi connectivity index (χ0n) is 9.94. The lowest BCUT2D eigenvalue weighted by molar-refractivity contribution is 0.991. The summed E-state index contributed by atoms with van der Waals surface area (Å²) in [5, 5.41) is 3.11. The zero-order chi connectivity index (χ0) is 11.8. The van der Waals surface area contributed by atoms with Crippen LogP contribution in [0.5, 0.6) is 0 Å². The molecule has 2 aromatic heterocycles. The van der Waals surface area contributed by atoms with Gasteiger partial charge >= 0.3 is 0 Å². The smallest absolute Gasteiger partial charge is 0.181 e. The molecule has 0 unspecified atom stereocenters. The van der Waals surface area contributed by atoms with Crippen molar-refractivity contribution in [1.82, 2.24) is 14.4 Å². The van der Waals surface area contributed by atoms with Crippen LogP contribution in [0.3, 0.4) is 0 Å². The summed E-state index contributed by atoms with van der Waals surface area (Å²) in [5.74, 6) is 0.834. The van der Waals surface area contributed by atoms with E-state index in [1.54, 1.807) is 0 Å². The molecular weight excluding hydrogens is 212 g/mol. The van der Waals surface area contributed by atoms with Crippen LogP contribution >= 0.6 is 0 Å². The Kier molecular flexibility index (Phi) is 2.21. The molecule has 0 saturated heterocycles. The molecule has 4 nitrogen and oxygen atoms in total. The van der Waals surface area contributed by atoms with Gasteiger partial charge in [-0.15, -0.1) is 0 Å². The summed E-state index contributed by atoms with van der Waals surface area (Å²) in [7, 11) is 1.88. The van der Waals surface area contributed by atoms with E-state index in [2.05, 4.69) is 38.9 Å². The molecule has 4 heteroatoms. The number of hydrogen-bond donors (Lipinski definition) is 1. The predicted molar refractivity (Wildman–Crippen MR) is 69.4 cm³/mol. The van der Waals surface area contributed by atoms with Crippen LogP contribution < -0.4 is 5.32 Å². The molecule has 0 spiro atoms. The van der Waals surface area contributed by atoms with Gasteiger partial charge in [0.1, 0.15) is 0 Å². The average molecular weight is 226 g/mol. The molecule has 1 N–H and O–H groups in total. The molecule has 3 aromatic rings. The third-order valence-electron chi connectivity index (χ3n) is 2.94. The molecule has 0 saturated carbocycles. The maximum absolute atomic E-state index is 4.60. The maximum atomic E-state index is 4.60. The number of nitrogens with one attached hydrogen (secondary N) is 1. The summed E-state index contributed by atoms with van der Waals surface area (Å²) in [5.41, 5.74) is 4.06. The molecule has 1 aromatic carbocycles. The minimum atomic E-state index is 0.834. The quantitative estimate of drug-likeness (QED) is 0.730. The molecule has 0 aliphatic rings. The highest BCUT2D eigenvalue weighted by molar-refractivity contribution is 5.83. The van der Waals surface area contributed by atoms with Crippen molar-refractivity contribution in [3.8, 4) is 0 Å². The molecule has 0 aliphatic heterocycles. The average Bonchev–Trinajstić information content (AvgIpc) is 2.76. The molecule has 17 heavy (non-hydrogen) atoms. The van der Waals surface area contributed by atoms with Crippen LogP contribution in [0, 0.1) is 0 Å². The monoisotopic (exact) mass is 226 g/mol. The van der Waals surface area contributed by atoms with Crippen molar-refractivity contribution >= 4 is 22.5 Å². The summed E-state index contributed by atoms with van der Waals surface area (Å²) in [6.45, 7) is 2.10. The van der Waals surface area contributed by atoms with E-state index in [-0.39, 0.29) is 0 Å². The van der Waals surface area contributed by atoms with Gasteiger partial charge in [0.25, 0.3) is 0 Å². The third-order valence-corrected chi connectivity index (χ3v) is 2.94. The molecule has 0 amide bonds. The first-order valence-electron chi connectivity index (χ1n) is 5.78. The van der Waals surface area contributed by atoms with Crippen LogP contribution in [-0.4, -0.2) is 21.4 Å². The molecule has 2 heterocycles. The van der Waals surface area contributed by atoms with Crippen LogP contribution in [0.1, 0.15) is 12.6 Å². The summed E-state index contributed by atoms with van der Waals surface area (Å²) in [6.07, 6.45) is 2.97. The molecule has 0 radical (unpaired) electrons. The number of rotatable bonds is 2. The fraction of sp³-hybridized carbons (Fsp3) is 0.231. The standard InChI is InChI=1S/C13H14N4/c1-3-9-8-17-11-7-5-4-6-10(11)16-13(17)12(14-2)15-9/h4-8H,3H2,1-2H3,(H,14,15). The highest BCUT2D eigenvalue weighted by Gasteiger charge is 2.09. The number of aromatic nitrogens is 3. The van der Waals surface area contributed by atoms with Gasteiger partial charge in [-0.3, -0.25) is 4.40 Å². The Morgan fingerprint density at radius 2 is 2.06 bits per heavy atom. The number of imidazole rings is 1. The van der Waals surface area contributed by atoms with Gasteiger partial charge in [0.05, 0.1) is 16.7 Å². The Morgan fingerprint density at radius 1 is 1.24 bits per heavy atom. The second-order valence-electron chi connectivity index (χ2n) is 3.98. The highest BCUT2D eigenvalue weighted by atomic mass is 15.1. The summed E-state index contributed by atoms with van der Waals surface area (Å²) < 4.78 is 2.10. The van der Waals surface area contributed by atoms with Gasteiger partial charge in [-0.1, -0.05) is 19.1 Å². The fourth-order valence-corrected chi connectivity index (χ4v) is 2.05. The van der Waals surface area contributed by atoms with Crippen molar-refractivity contribution in [3.63, 3.8) is 0 Å². The van der Waals surface area contributed by atoms with Gasteiger partial charge in [0, 0.05) is 13.2 Å². The lowest BCUT2D eigenvalue weighted by Gasteiger charge is -2.05. The molecule has 0 aliphatic carbocycles. The van der Waals surface area contributed by atoms with Gasteiger partial charge in [-0.25, -0.2) is 9.97 Å². The van der Waals surface area contributed by atoms with Gasteiger partial charge in [0.15, 0.2) is 11.5 Å². The number of hydrogen-bond acceptors (Lipinski definition) is 3. The minimum Gasteiger partial charge on any atom is -0.370 e. The molecule has 0 bridgehead atoms. The van der Waals surface area contributed by atoms with E-state index in [4.69, 9.17) is 0 Å². The molecule has 86 valence electrons. The lowest BCUT2D eigenvalue weighted by Crippen LogP contribution is -2.01. The van der Waals surface area contributed by atoms with E-state index in [1.807, 2.05) is 25.2 Å². The molecule has 0 atom stereocenters. The number of fused-ring (bicyclic) bond motifs is 3. The minimum absolute atomic E-state index is 0.834. The summed E-state index contributed by atoms with van der Waals surface area (Å²) in [6, 6.07) is 8.13. The van der Waals surface area contributed by atoms with Gasteiger partial charge in [-0.2, -0.15) is 0 Å². The van der Waals surface area contributed by atoms with E-state index in [0.29, 0.717) is 0 Å². The number of anilines is 1. The second kappa shape index (κ2) is 3.73. The van der Waals surface area contributed by atoms with Crippen LogP contribution in [0.4, 0.5) is 5.82 Å². The largest absolute Gasteiger partial charge is 0.370 e. The first-order chi connectivity index (χ1) is 8.33. The van der Waals surface area contributed by atoms with Crippen molar-refractivity contribution < 1.29 is 0 Å². The Balaban J connectivity index is 2.47. The van der Waals surface area contributed by atoms with E-state index in [9.17, 15) is 0 Å². The molecule has 0 fully saturated rings. The topological polar surface area (TPSA) is 42.2 Å². The van der Waals surface area contributed by atoms with Crippen molar-refractivity contribution in [1.29, 1.82) is 0 Å². The van der Waals surface area contributed by atoms with Crippen molar-refractivity contribution in [2.45, 2.75) is 13.3 Å². The molecular formula is C13H14N4. The first-order valence-corrected chi connectivity index (χ1v) is 5.78. The van der Waals surface area contributed by atoms with E-state index < -0.39 is 0 Å². The first kappa shape index (κ1) is 10.1. The highest BCUT2D eigenvalue weighted by Crippen LogP contribution is 2.21. The summed E-state index contributed by atoms with van der Waals surface area (Å²) >= 11 is 0. The van der Waals surface area contributed by atoms with Crippen LogP contribution in [0.15, 0.2) is 30.5 Å². The van der Waals surface area contributed by atoms with Crippen LogP contribution in [-0.2, 0) is 6.42 Å². The Labute approximate surface area is 99.3 Å². The summed E-state index contributed by atoms with van der Waals surface area (Å²) in [4.78, 5) is 9.14. The Morgan fingerprint density at radius 3 is 2.82 bits per heavy atom. The van der Waals surface area contributed by atoms with Crippen LogP contribution in [0.2, 0.25) is 0 Å². The number of para-hydroxylation sites is 2. The van der Waals surface area contributed by atoms with Crippen molar-refractivity contribution in [3.05, 3.63) is 36.2 Å². The van der Waals surface area contributed by atoms with Crippen molar-refractivity contribution in [2.24, 2.45) is 0 Å². The Bertz CT molecular complexity index is 684. The third kappa shape index (κ3) is 1.45. The van der Waals surface area contributed by atoms with Gasteiger partial charge in [0.2, 0.25) is 0 Å². The maximum Gasteiger partial charge on any atom is 0.181 e. The van der Waals surface area contributed by atoms with Crippen molar-refractivity contribution in [2.75, 3.05) is 12.4 Å². The van der Waals surface area contributed by atoms with Crippen LogP contribution in [0.25, 0.3) is 16.7 Å². The second-order valence-corrected chi connectivity index (χ2v) is 3.98. The normalized spacial score (nSPS) is 11.2. The SMILES string of the molecule is CCc1cn2c(nc3ccccc32)c(NC)n1. The van der Waals surface area contributed by atoms with Gasteiger partial charge in [-0.05, 0) is 18.6 Å².